The summed E-state index contributed by atoms with van der Waals surface area (Å²) < 4.78 is 0. The number of rotatable bonds is 7. The molecule has 29 heavy (non-hydrogen) atoms. The summed E-state index contributed by atoms with van der Waals surface area (Å²) in [5.74, 6) is 0.189. The van der Waals surface area contributed by atoms with Crippen LogP contribution in [0, 0.1) is 12.8 Å². The van der Waals surface area contributed by atoms with Gasteiger partial charge in [0.1, 0.15) is 0 Å². The maximum Gasteiger partial charge on any atom is 0.321 e. The fraction of sp³-hybridized carbons (Fsp3) is 0.652. The molecule has 1 aromatic carbocycles. The second kappa shape index (κ2) is 10.1. The Balaban J connectivity index is 1.56. The lowest BCUT2D eigenvalue weighted by Gasteiger charge is -2.31. The first-order valence-corrected chi connectivity index (χ1v) is 11.1. The molecule has 160 valence electrons. The first kappa shape index (κ1) is 21.6. The lowest BCUT2D eigenvalue weighted by atomic mass is 10.1. The molecule has 2 saturated heterocycles. The standard InChI is InChI=1S/C23H36N4O2/c1-18(2)22(28)27(15-8-14-25-12-6-7-13-25)20-11-16-26(17-20)23(29)24-21-10-5-4-9-19(21)3/h4-5,9-10,18,20H,6-8,11-17H2,1-3H3,(H,24,29). The molecule has 3 rings (SSSR count). The summed E-state index contributed by atoms with van der Waals surface area (Å²) in [5.41, 5.74) is 1.90. The average Bonchev–Trinajstić information content (AvgIpc) is 3.38. The highest BCUT2D eigenvalue weighted by Crippen LogP contribution is 2.21. The molecule has 0 radical (unpaired) electrons. The average molecular weight is 401 g/mol. The topological polar surface area (TPSA) is 55.9 Å². The number of anilines is 1. The number of urea groups is 1. The van der Waals surface area contributed by atoms with Crippen molar-refractivity contribution in [3.05, 3.63) is 29.8 Å². The predicted molar refractivity (Wildman–Crippen MR) is 117 cm³/mol. The van der Waals surface area contributed by atoms with Crippen molar-refractivity contribution in [1.29, 1.82) is 0 Å². The Morgan fingerprint density at radius 3 is 2.59 bits per heavy atom. The second-order valence-electron chi connectivity index (χ2n) is 8.72. The predicted octanol–water partition coefficient (Wildman–Crippen LogP) is 3.57. The molecule has 0 spiro atoms. The van der Waals surface area contributed by atoms with Gasteiger partial charge in [0.2, 0.25) is 5.91 Å². The fourth-order valence-corrected chi connectivity index (χ4v) is 4.36. The molecule has 0 aliphatic carbocycles. The maximum absolute atomic E-state index is 12.9. The van der Waals surface area contributed by atoms with Gasteiger partial charge in [0.25, 0.3) is 0 Å². The van der Waals surface area contributed by atoms with Gasteiger partial charge in [-0.2, -0.15) is 0 Å². The number of hydrogen-bond acceptors (Lipinski definition) is 3. The van der Waals surface area contributed by atoms with Gasteiger partial charge >= 0.3 is 6.03 Å². The number of amides is 3. The number of para-hydroxylation sites is 1. The fourth-order valence-electron chi connectivity index (χ4n) is 4.36. The van der Waals surface area contributed by atoms with E-state index >= 15 is 0 Å². The number of nitrogens with one attached hydrogen (secondary N) is 1. The lowest BCUT2D eigenvalue weighted by molar-refractivity contribution is -0.136. The molecule has 6 heteroatoms. The molecule has 1 N–H and O–H groups in total. The lowest BCUT2D eigenvalue weighted by Crippen LogP contribution is -2.46. The maximum atomic E-state index is 12.9. The summed E-state index contributed by atoms with van der Waals surface area (Å²) in [5, 5.41) is 3.02. The number of aryl methyl sites for hydroxylation is 1. The Kier molecular flexibility index (Phi) is 7.53. The molecule has 2 fully saturated rings. The Hall–Kier alpha value is -2.08. The minimum Gasteiger partial charge on any atom is -0.338 e. The van der Waals surface area contributed by atoms with Crippen LogP contribution in [0.5, 0.6) is 0 Å². The highest BCUT2D eigenvalue weighted by atomic mass is 16.2. The molecule has 0 aromatic heterocycles. The van der Waals surface area contributed by atoms with Gasteiger partial charge < -0.3 is 20.0 Å². The Bertz CT molecular complexity index is 700. The van der Waals surface area contributed by atoms with Gasteiger partial charge in [-0.15, -0.1) is 0 Å². The highest BCUT2D eigenvalue weighted by molar-refractivity contribution is 5.90. The Labute approximate surface area is 175 Å². The van der Waals surface area contributed by atoms with E-state index in [2.05, 4.69) is 10.2 Å². The summed E-state index contributed by atoms with van der Waals surface area (Å²) in [4.78, 5) is 32.0. The first-order valence-electron chi connectivity index (χ1n) is 11.1. The van der Waals surface area contributed by atoms with Gasteiger partial charge in [0, 0.05) is 31.2 Å². The smallest absolute Gasteiger partial charge is 0.321 e. The molecule has 1 unspecified atom stereocenters. The van der Waals surface area contributed by atoms with Crippen molar-refractivity contribution in [2.75, 3.05) is 44.6 Å². The number of carbonyl (C=O) groups is 2. The Morgan fingerprint density at radius 2 is 1.90 bits per heavy atom. The zero-order chi connectivity index (χ0) is 20.8. The van der Waals surface area contributed by atoms with Crippen LogP contribution in [0.15, 0.2) is 24.3 Å². The van der Waals surface area contributed by atoms with Gasteiger partial charge in [-0.25, -0.2) is 4.79 Å². The molecule has 0 bridgehead atoms. The molecule has 0 saturated carbocycles. The van der Waals surface area contributed by atoms with Crippen molar-refractivity contribution in [2.45, 2.75) is 52.5 Å². The van der Waals surface area contributed by atoms with E-state index in [-0.39, 0.29) is 23.9 Å². The normalized spacial score (nSPS) is 19.7. The monoisotopic (exact) mass is 400 g/mol. The second-order valence-corrected chi connectivity index (χ2v) is 8.72. The Morgan fingerprint density at radius 1 is 1.17 bits per heavy atom. The third-order valence-corrected chi connectivity index (χ3v) is 6.13. The van der Waals surface area contributed by atoms with E-state index in [0.29, 0.717) is 13.1 Å². The highest BCUT2D eigenvalue weighted by Gasteiger charge is 2.33. The van der Waals surface area contributed by atoms with Gasteiger partial charge in [-0.1, -0.05) is 32.0 Å². The summed E-state index contributed by atoms with van der Waals surface area (Å²) in [6.45, 7) is 11.4. The third-order valence-electron chi connectivity index (χ3n) is 6.13. The quantitative estimate of drug-likeness (QED) is 0.761. The SMILES string of the molecule is Cc1ccccc1NC(=O)N1CCC(N(CCCN2CCCC2)C(=O)C(C)C)C1. The largest absolute Gasteiger partial charge is 0.338 e. The van der Waals surface area contributed by atoms with Crippen molar-refractivity contribution >= 4 is 17.6 Å². The number of hydrogen-bond donors (Lipinski definition) is 1. The molecule has 1 aromatic rings. The van der Waals surface area contributed by atoms with Crippen LogP contribution in [0.1, 0.15) is 45.1 Å². The van der Waals surface area contributed by atoms with Gasteiger partial charge in [-0.05, 0) is 63.9 Å². The van der Waals surface area contributed by atoms with Gasteiger partial charge in [-0.3, -0.25) is 4.79 Å². The van der Waals surface area contributed by atoms with Gasteiger partial charge in [0.05, 0.1) is 6.04 Å². The number of likely N-dealkylation sites (tertiary alicyclic amines) is 2. The molecule has 2 aliphatic rings. The van der Waals surface area contributed by atoms with E-state index in [4.69, 9.17) is 0 Å². The van der Waals surface area contributed by atoms with E-state index in [0.717, 1.165) is 37.2 Å². The molecule has 2 heterocycles. The van der Waals surface area contributed by atoms with Crippen LogP contribution >= 0.6 is 0 Å². The van der Waals surface area contributed by atoms with Crippen LogP contribution in [0.2, 0.25) is 0 Å². The number of carbonyl (C=O) groups excluding carboxylic acids is 2. The van der Waals surface area contributed by atoms with Crippen LogP contribution in [0.25, 0.3) is 0 Å². The van der Waals surface area contributed by atoms with E-state index in [1.54, 1.807) is 0 Å². The molecule has 6 nitrogen and oxygen atoms in total. The van der Waals surface area contributed by atoms with Crippen molar-refractivity contribution < 1.29 is 9.59 Å². The van der Waals surface area contributed by atoms with Crippen LogP contribution in [0.3, 0.4) is 0 Å². The number of nitrogens with zero attached hydrogens (tertiary/aromatic N) is 3. The van der Waals surface area contributed by atoms with Crippen molar-refractivity contribution in [1.82, 2.24) is 14.7 Å². The molecule has 3 amide bonds. The molecule has 1 atom stereocenters. The van der Waals surface area contributed by atoms with Crippen molar-refractivity contribution in [2.24, 2.45) is 5.92 Å². The summed E-state index contributed by atoms with van der Waals surface area (Å²) in [7, 11) is 0. The van der Waals surface area contributed by atoms with Crippen molar-refractivity contribution in [3.8, 4) is 0 Å². The number of benzene rings is 1. The third kappa shape index (κ3) is 5.72. The first-order chi connectivity index (χ1) is 14.0. The molecular formula is C23H36N4O2. The summed E-state index contributed by atoms with van der Waals surface area (Å²) in [6.07, 6.45) is 4.44. The summed E-state index contributed by atoms with van der Waals surface area (Å²) in [6, 6.07) is 7.86. The zero-order valence-electron chi connectivity index (χ0n) is 18.2. The van der Waals surface area contributed by atoms with E-state index in [9.17, 15) is 9.59 Å². The molecular weight excluding hydrogens is 364 g/mol. The van der Waals surface area contributed by atoms with Crippen LogP contribution in [-0.4, -0.2) is 71.9 Å². The summed E-state index contributed by atoms with van der Waals surface area (Å²) >= 11 is 0. The van der Waals surface area contributed by atoms with Crippen LogP contribution < -0.4 is 5.32 Å². The van der Waals surface area contributed by atoms with E-state index in [1.807, 2.05) is 54.8 Å². The van der Waals surface area contributed by atoms with Crippen LogP contribution in [-0.2, 0) is 4.79 Å². The molecule has 2 aliphatic heterocycles. The van der Waals surface area contributed by atoms with Gasteiger partial charge in [0.15, 0.2) is 0 Å². The van der Waals surface area contributed by atoms with Crippen molar-refractivity contribution in [3.63, 3.8) is 0 Å². The zero-order valence-corrected chi connectivity index (χ0v) is 18.2. The van der Waals surface area contributed by atoms with E-state index in [1.165, 1.54) is 25.9 Å². The van der Waals surface area contributed by atoms with Crippen LogP contribution in [0.4, 0.5) is 10.5 Å². The minimum atomic E-state index is -0.0733. The van der Waals surface area contributed by atoms with E-state index < -0.39 is 0 Å². The minimum absolute atomic E-state index is 0.0170.